The quantitative estimate of drug-likeness (QED) is 0.472. The largest absolute Gasteiger partial charge is 0.465 e. The number of rotatable bonds is 8. The van der Waals surface area contributed by atoms with E-state index in [0.29, 0.717) is 13.0 Å². The molecule has 7 nitrogen and oxygen atoms in total. The van der Waals surface area contributed by atoms with Crippen LogP contribution in [0, 0.1) is 0 Å². The van der Waals surface area contributed by atoms with Crippen LogP contribution < -0.4 is 5.32 Å². The van der Waals surface area contributed by atoms with E-state index in [9.17, 15) is 18.0 Å². The van der Waals surface area contributed by atoms with Crippen LogP contribution in [0.25, 0.3) is 0 Å². The third-order valence-corrected chi connectivity index (χ3v) is 4.78. The van der Waals surface area contributed by atoms with Crippen molar-refractivity contribution in [1.82, 2.24) is 10.2 Å². The van der Waals surface area contributed by atoms with E-state index in [2.05, 4.69) is 11.9 Å². The van der Waals surface area contributed by atoms with E-state index in [4.69, 9.17) is 4.74 Å². The summed E-state index contributed by atoms with van der Waals surface area (Å²) in [7, 11) is -3.02. The van der Waals surface area contributed by atoms with Gasteiger partial charge in [0.1, 0.15) is 0 Å². The second-order valence-electron chi connectivity index (χ2n) is 4.93. The molecule has 0 radical (unpaired) electrons. The summed E-state index contributed by atoms with van der Waals surface area (Å²) in [4.78, 5) is 24.9. The highest BCUT2D eigenvalue weighted by Crippen LogP contribution is 2.11. The van der Waals surface area contributed by atoms with Crippen molar-refractivity contribution >= 4 is 21.7 Å². The van der Waals surface area contributed by atoms with Gasteiger partial charge in [-0.05, 0) is 13.3 Å². The second kappa shape index (κ2) is 8.14. The number of nitrogens with zero attached hydrogens (tertiary/aromatic N) is 1. The van der Waals surface area contributed by atoms with Crippen molar-refractivity contribution in [3.8, 4) is 0 Å². The van der Waals surface area contributed by atoms with E-state index >= 15 is 0 Å². The summed E-state index contributed by atoms with van der Waals surface area (Å²) < 4.78 is 27.5. The Morgan fingerprint density at radius 2 is 2.14 bits per heavy atom. The first-order valence-corrected chi connectivity index (χ1v) is 8.67. The zero-order chi connectivity index (χ0) is 15.9. The Kier molecular flexibility index (Phi) is 6.83. The van der Waals surface area contributed by atoms with Crippen LogP contribution in [0.2, 0.25) is 0 Å². The van der Waals surface area contributed by atoms with Gasteiger partial charge >= 0.3 is 5.97 Å². The molecule has 0 aromatic rings. The maximum absolute atomic E-state index is 11.9. The molecule has 0 bridgehead atoms. The van der Waals surface area contributed by atoms with E-state index in [0.717, 1.165) is 0 Å². The molecule has 1 heterocycles. The minimum atomic E-state index is -3.02. The first-order valence-electron chi connectivity index (χ1n) is 6.85. The summed E-state index contributed by atoms with van der Waals surface area (Å²) in [6, 6.07) is -0.337. The molecule has 0 saturated carbocycles. The van der Waals surface area contributed by atoms with Gasteiger partial charge in [-0.3, -0.25) is 14.5 Å². The number of carbonyl (C=O) groups is 2. The first-order chi connectivity index (χ1) is 9.86. The van der Waals surface area contributed by atoms with Gasteiger partial charge in [0.05, 0.1) is 31.2 Å². The molecule has 0 aromatic heterocycles. The molecule has 1 atom stereocenters. The van der Waals surface area contributed by atoms with Crippen LogP contribution >= 0.6 is 0 Å². The van der Waals surface area contributed by atoms with Gasteiger partial charge in [0.25, 0.3) is 0 Å². The molecule has 1 N–H and O–H groups in total. The van der Waals surface area contributed by atoms with Gasteiger partial charge in [0.15, 0.2) is 9.84 Å². The van der Waals surface area contributed by atoms with E-state index in [1.54, 1.807) is 17.9 Å². The molecule has 1 aliphatic heterocycles. The number of amides is 1. The number of ether oxygens (including phenoxy) is 1. The Morgan fingerprint density at radius 3 is 2.67 bits per heavy atom. The first kappa shape index (κ1) is 17.6. The Bertz CT molecular complexity index is 489. The average molecular weight is 318 g/mol. The number of carbonyl (C=O) groups excluding carboxylic acids is 2. The van der Waals surface area contributed by atoms with Gasteiger partial charge in [-0.2, -0.15) is 0 Å². The van der Waals surface area contributed by atoms with E-state index < -0.39 is 15.8 Å². The SMILES string of the molecule is C=CCN(CC(=O)NC1CCS(=O)(=O)C1)CC(=O)OCC. The molecule has 0 spiro atoms. The fraction of sp³-hybridized carbons (Fsp3) is 0.692. The highest BCUT2D eigenvalue weighted by Gasteiger charge is 2.29. The topological polar surface area (TPSA) is 92.8 Å². The van der Waals surface area contributed by atoms with Crippen LogP contribution in [0.5, 0.6) is 0 Å². The normalized spacial score (nSPS) is 20.2. The predicted molar refractivity (Wildman–Crippen MR) is 78.5 cm³/mol. The molecule has 1 saturated heterocycles. The monoisotopic (exact) mass is 318 g/mol. The van der Waals surface area contributed by atoms with Gasteiger partial charge < -0.3 is 10.1 Å². The molecule has 1 rings (SSSR count). The minimum Gasteiger partial charge on any atom is -0.465 e. The molecule has 8 heteroatoms. The summed E-state index contributed by atoms with van der Waals surface area (Å²) in [5.74, 6) is -0.617. The molecule has 1 unspecified atom stereocenters. The molecule has 0 aliphatic carbocycles. The van der Waals surface area contributed by atoms with E-state index in [-0.39, 0.29) is 43.2 Å². The van der Waals surface area contributed by atoms with Crippen molar-refractivity contribution in [1.29, 1.82) is 0 Å². The van der Waals surface area contributed by atoms with Crippen molar-refractivity contribution in [2.75, 3.05) is 37.7 Å². The summed E-state index contributed by atoms with van der Waals surface area (Å²) in [5.41, 5.74) is 0. The van der Waals surface area contributed by atoms with Crippen LogP contribution in [-0.2, 0) is 24.2 Å². The third-order valence-electron chi connectivity index (χ3n) is 3.01. The Hall–Kier alpha value is -1.41. The van der Waals surface area contributed by atoms with E-state index in [1.807, 2.05) is 0 Å². The van der Waals surface area contributed by atoms with Crippen molar-refractivity contribution in [3.05, 3.63) is 12.7 Å². The third kappa shape index (κ3) is 6.72. The lowest BCUT2D eigenvalue weighted by Crippen LogP contribution is -2.44. The number of nitrogens with one attached hydrogen (secondary N) is 1. The maximum Gasteiger partial charge on any atom is 0.320 e. The fourth-order valence-electron chi connectivity index (χ4n) is 2.14. The molecule has 120 valence electrons. The minimum absolute atomic E-state index is 0.00137. The lowest BCUT2D eigenvalue weighted by molar-refractivity contribution is -0.144. The van der Waals surface area contributed by atoms with Gasteiger partial charge in [-0.25, -0.2) is 8.42 Å². The molecular weight excluding hydrogens is 296 g/mol. The Balaban J connectivity index is 2.45. The number of hydrogen-bond acceptors (Lipinski definition) is 6. The summed E-state index contributed by atoms with van der Waals surface area (Å²) >= 11 is 0. The predicted octanol–water partition coefficient (Wildman–Crippen LogP) is -0.659. The zero-order valence-electron chi connectivity index (χ0n) is 12.2. The van der Waals surface area contributed by atoms with Crippen molar-refractivity contribution in [3.63, 3.8) is 0 Å². The molecule has 1 aliphatic rings. The Labute approximate surface area is 125 Å². The van der Waals surface area contributed by atoms with Gasteiger partial charge in [0, 0.05) is 12.6 Å². The number of sulfone groups is 1. The summed E-state index contributed by atoms with van der Waals surface area (Å²) in [5, 5.41) is 2.68. The van der Waals surface area contributed by atoms with Crippen LogP contribution in [0.4, 0.5) is 0 Å². The van der Waals surface area contributed by atoms with Crippen molar-refractivity contribution in [2.24, 2.45) is 0 Å². The second-order valence-corrected chi connectivity index (χ2v) is 7.16. The molecule has 0 aromatic carbocycles. The standard InChI is InChI=1S/C13H22N2O5S/c1-3-6-15(9-13(17)20-4-2)8-12(16)14-11-5-7-21(18,19)10-11/h3,11H,1,4-10H2,2H3,(H,14,16). The Morgan fingerprint density at radius 1 is 1.43 bits per heavy atom. The van der Waals surface area contributed by atoms with E-state index in [1.165, 1.54) is 0 Å². The maximum atomic E-state index is 11.9. The highest BCUT2D eigenvalue weighted by atomic mass is 32.2. The lowest BCUT2D eigenvalue weighted by Gasteiger charge is -2.20. The van der Waals surface area contributed by atoms with Gasteiger partial charge in [-0.15, -0.1) is 6.58 Å². The van der Waals surface area contributed by atoms with Crippen LogP contribution in [0.1, 0.15) is 13.3 Å². The van der Waals surface area contributed by atoms with Crippen LogP contribution in [0.3, 0.4) is 0 Å². The number of hydrogen-bond donors (Lipinski definition) is 1. The average Bonchev–Trinajstić information content (AvgIpc) is 2.68. The highest BCUT2D eigenvalue weighted by molar-refractivity contribution is 7.91. The molecule has 1 amide bonds. The number of esters is 1. The molecule has 21 heavy (non-hydrogen) atoms. The zero-order valence-corrected chi connectivity index (χ0v) is 13.0. The molecule has 1 fully saturated rings. The smallest absolute Gasteiger partial charge is 0.320 e. The lowest BCUT2D eigenvalue weighted by atomic mass is 10.2. The van der Waals surface area contributed by atoms with Crippen LogP contribution in [-0.4, -0.2) is 69.0 Å². The molecular formula is C13H22N2O5S. The van der Waals surface area contributed by atoms with Crippen molar-refractivity contribution < 1.29 is 22.7 Å². The summed E-state index contributed by atoms with van der Waals surface area (Å²) in [6.07, 6.45) is 2.03. The summed E-state index contributed by atoms with van der Waals surface area (Å²) in [6.45, 7) is 5.94. The van der Waals surface area contributed by atoms with Crippen molar-refractivity contribution in [2.45, 2.75) is 19.4 Å². The van der Waals surface area contributed by atoms with Gasteiger partial charge in [-0.1, -0.05) is 6.08 Å². The fourth-order valence-corrected chi connectivity index (χ4v) is 3.82. The van der Waals surface area contributed by atoms with Gasteiger partial charge in [0.2, 0.25) is 5.91 Å². The van der Waals surface area contributed by atoms with Crippen LogP contribution in [0.15, 0.2) is 12.7 Å².